The fourth-order valence-corrected chi connectivity index (χ4v) is 5.18. The van der Waals surface area contributed by atoms with Gasteiger partial charge in [0.05, 0.1) is 6.61 Å². The second-order valence-corrected chi connectivity index (χ2v) is 9.38. The van der Waals surface area contributed by atoms with Crippen LogP contribution in [0.3, 0.4) is 0 Å². The largest absolute Gasteiger partial charge is 0.486 e. The van der Waals surface area contributed by atoms with Crippen molar-refractivity contribution in [1.29, 1.82) is 0 Å². The van der Waals surface area contributed by atoms with Crippen molar-refractivity contribution in [3.63, 3.8) is 0 Å². The molecule has 2 aliphatic rings. The van der Waals surface area contributed by atoms with Crippen molar-refractivity contribution < 1.29 is 29.6 Å². The second kappa shape index (κ2) is 10.5. The van der Waals surface area contributed by atoms with Crippen molar-refractivity contribution in [3.05, 3.63) is 40.4 Å². The van der Waals surface area contributed by atoms with Crippen molar-refractivity contribution >= 4 is 18.1 Å². The summed E-state index contributed by atoms with van der Waals surface area (Å²) in [4.78, 5) is 11.9. The van der Waals surface area contributed by atoms with Gasteiger partial charge in [-0.15, -0.1) is 0 Å². The maximum Gasteiger partial charge on any atom is 0.217 e. The minimum Gasteiger partial charge on any atom is -0.486 e. The lowest BCUT2D eigenvalue weighted by atomic mass is 9.96. The molecule has 0 unspecified atom stereocenters. The Hall–Kier alpha value is -2.31. The van der Waals surface area contributed by atoms with E-state index >= 15 is 0 Å². The van der Waals surface area contributed by atoms with Gasteiger partial charge in [-0.1, -0.05) is 25.0 Å². The van der Waals surface area contributed by atoms with Crippen LogP contribution in [0.2, 0.25) is 0 Å². The normalized spacial score (nSPS) is 27.6. The number of hydrogen-bond donors (Lipinski definition) is 4. The summed E-state index contributed by atoms with van der Waals surface area (Å²) in [6.07, 6.45) is -0.762. The number of ether oxygens (including phenoxy) is 2. The molecule has 1 aromatic carbocycles. The average molecular weight is 493 g/mol. The van der Waals surface area contributed by atoms with Crippen molar-refractivity contribution in [2.45, 2.75) is 82.8 Å². The van der Waals surface area contributed by atoms with Crippen molar-refractivity contribution in [2.24, 2.45) is 0 Å². The second-order valence-electron chi connectivity index (χ2n) is 9.01. The first-order valence-corrected chi connectivity index (χ1v) is 12.0. The number of nitrogens with one attached hydrogen (secondary N) is 1. The van der Waals surface area contributed by atoms with Crippen LogP contribution in [0.5, 0.6) is 5.75 Å². The Morgan fingerprint density at radius 3 is 2.68 bits per heavy atom. The highest BCUT2D eigenvalue weighted by atomic mass is 32.1. The first-order valence-electron chi connectivity index (χ1n) is 11.6. The van der Waals surface area contributed by atoms with Gasteiger partial charge in [-0.2, -0.15) is 5.10 Å². The smallest absolute Gasteiger partial charge is 0.217 e. The Balaban J connectivity index is 1.71. The molecule has 1 aromatic heterocycles. The maximum atomic E-state index is 11.9. The molecule has 1 aliphatic heterocycles. The number of hydrogen-bond acceptors (Lipinski definition) is 8. The highest BCUT2D eigenvalue weighted by Crippen LogP contribution is 2.34. The fourth-order valence-electron chi connectivity index (χ4n) is 4.78. The molecule has 0 radical (unpaired) electrons. The fraction of sp³-hybridized carbons (Fsp3) is 0.609. The molecule has 1 aliphatic carbocycles. The first-order chi connectivity index (χ1) is 16.3. The predicted octanol–water partition coefficient (Wildman–Crippen LogP) is 1.53. The lowest BCUT2D eigenvalue weighted by Crippen LogP contribution is -2.62. The average Bonchev–Trinajstić information content (AvgIpc) is 3.43. The topological polar surface area (TPSA) is 131 Å². The molecule has 11 heteroatoms. The van der Waals surface area contributed by atoms with E-state index in [0.717, 1.165) is 31.2 Å². The van der Waals surface area contributed by atoms with Gasteiger partial charge in [-0.3, -0.25) is 9.36 Å². The van der Waals surface area contributed by atoms with E-state index in [1.54, 1.807) is 0 Å². The van der Waals surface area contributed by atoms with Crippen LogP contribution in [0.25, 0.3) is 0 Å². The number of aryl methyl sites for hydroxylation is 1. The van der Waals surface area contributed by atoms with Crippen LogP contribution in [-0.4, -0.2) is 66.5 Å². The van der Waals surface area contributed by atoms with Crippen LogP contribution in [0.15, 0.2) is 24.3 Å². The number of benzene rings is 1. The zero-order chi connectivity index (χ0) is 24.4. The van der Waals surface area contributed by atoms with Gasteiger partial charge in [0.2, 0.25) is 10.7 Å². The molecule has 1 saturated carbocycles. The highest BCUT2D eigenvalue weighted by molar-refractivity contribution is 7.71. The number of nitrogens with zero attached hydrogens (tertiary/aromatic N) is 3. The zero-order valence-electron chi connectivity index (χ0n) is 19.3. The van der Waals surface area contributed by atoms with E-state index in [1.165, 1.54) is 11.6 Å². The first kappa shape index (κ1) is 24.8. The van der Waals surface area contributed by atoms with E-state index in [9.17, 15) is 20.1 Å². The standard InChI is InChI=1S/C23H32N4O6S/c1-13-6-5-9-16(10-13)32-12-18-25-27(23(34)26(18)15-7-3-4-8-15)22-19(24-14(2)29)21(31)20(30)17(11-28)33-22/h5-6,9-10,15,17,19-22,28,30-31H,3-4,7-8,11-12H2,1-2H3,(H,24,29)/t17-,19-,20-,21-,22-/m1/s1. The lowest BCUT2D eigenvalue weighted by Gasteiger charge is -2.42. The van der Waals surface area contributed by atoms with Gasteiger partial charge in [0.1, 0.15) is 36.7 Å². The van der Waals surface area contributed by atoms with Crippen LogP contribution in [0, 0.1) is 11.7 Å². The SMILES string of the molecule is CC(=O)N[C@@H]1[C@@H](O)[C@H](O)[C@@H](CO)O[C@H]1n1nc(COc2cccc(C)c2)n(C2CCCC2)c1=S. The van der Waals surface area contributed by atoms with E-state index < -0.39 is 43.1 Å². The molecule has 5 atom stereocenters. The van der Waals surface area contributed by atoms with Gasteiger partial charge in [0.25, 0.3) is 0 Å². The van der Waals surface area contributed by atoms with Gasteiger partial charge >= 0.3 is 0 Å². The Kier molecular flexibility index (Phi) is 7.68. The minimum atomic E-state index is -1.38. The van der Waals surface area contributed by atoms with Crippen LogP contribution in [0.4, 0.5) is 0 Å². The molecule has 4 N–H and O–H groups in total. The number of aliphatic hydroxyl groups excluding tert-OH is 3. The molecule has 1 amide bonds. The number of aliphatic hydroxyl groups is 3. The summed E-state index contributed by atoms with van der Waals surface area (Å²) < 4.78 is 15.7. The molecular formula is C23H32N4O6S. The van der Waals surface area contributed by atoms with Crippen LogP contribution >= 0.6 is 12.2 Å². The number of carbonyl (C=O) groups is 1. The highest BCUT2D eigenvalue weighted by Gasteiger charge is 2.46. The summed E-state index contributed by atoms with van der Waals surface area (Å²) in [5, 5.41) is 38.1. The molecule has 186 valence electrons. The van der Waals surface area contributed by atoms with E-state index in [4.69, 9.17) is 26.8 Å². The predicted molar refractivity (Wildman–Crippen MR) is 125 cm³/mol. The van der Waals surface area contributed by atoms with Crippen molar-refractivity contribution in [3.8, 4) is 5.75 Å². The minimum absolute atomic E-state index is 0.157. The van der Waals surface area contributed by atoms with Gasteiger partial charge in [-0.25, -0.2) is 4.68 Å². The van der Waals surface area contributed by atoms with Crippen LogP contribution in [0.1, 0.15) is 56.3 Å². The van der Waals surface area contributed by atoms with Gasteiger partial charge in [0.15, 0.2) is 12.1 Å². The van der Waals surface area contributed by atoms with E-state index in [2.05, 4.69) is 5.32 Å². The van der Waals surface area contributed by atoms with Gasteiger partial charge < -0.3 is 30.1 Å². The Labute approximate surface area is 203 Å². The third kappa shape index (κ3) is 5.03. The van der Waals surface area contributed by atoms with Gasteiger partial charge in [0, 0.05) is 13.0 Å². The number of rotatable bonds is 7. The molecule has 0 spiro atoms. The molecule has 0 bridgehead atoms. The van der Waals surface area contributed by atoms with Gasteiger partial charge in [-0.05, 0) is 49.7 Å². The molecule has 4 rings (SSSR count). The monoisotopic (exact) mass is 492 g/mol. The van der Waals surface area contributed by atoms with Crippen LogP contribution in [-0.2, 0) is 16.1 Å². The summed E-state index contributed by atoms with van der Waals surface area (Å²) in [5.41, 5.74) is 1.08. The summed E-state index contributed by atoms with van der Waals surface area (Å²) in [6.45, 7) is 2.96. The Morgan fingerprint density at radius 1 is 1.29 bits per heavy atom. The van der Waals surface area contributed by atoms with E-state index in [1.807, 2.05) is 35.8 Å². The van der Waals surface area contributed by atoms with Crippen molar-refractivity contribution in [2.75, 3.05) is 6.61 Å². The number of amides is 1. The molecule has 34 heavy (non-hydrogen) atoms. The van der Waals surface area contributed by atoms with Crippen molar-refractivity contribution in [1.82, 2.24) is 19.7 Å². The molecule has 2 heterocycles. The molecular weight excluding hydrogens is 460 g/mol. The van der Waals surface area contributed by atoms with Crippen LogP contribution < -0.4 is 10.1 Å². The summed E-state index contributed by atoms with van der Waals surface area (Å²) in [6, 6.07) is 6.86. The third-order valence-electron chi connectivity index (χ3n) is 6.46. The molecule has 2 aromatic rings. The summed E-state index contributed by atoms with van der Waals surface area (Å²) in [5.74, 6) is 0.907. The zero-order valence-corrected chi connectivity index (χ0v) is 20.1. The van der Waals surface area contributed by atoms with E-state index in [0.29, 0.717) is 16.3 Å². The number of aromatic nitrogens is 3. The Bertz CT molecular complexity index is 1070. The summed E-state index contributed by atoms with van der Waals surface area (Å²) in [7, 11) is 0. The maximum absolute atomic E-state index is 11.9. The molecule has 2 fully saturated rings. The quantitative estimate of drug-likeness (QED) is 0.428. The third-order valence-corrected chi connectivity index (χ3v) is 6.85. The lowest BCUT2D eigenvalue weighted by molar-refractivity contribution is -0.219. The molecule has 10 nitrogen and oxygen atoms in total. The molecule has 1 saturated heterocycles. The summed E-state index contributed by atoms with van der Waals surface area (Å²) >= 11 is 5.80. The number of carbonyl (C=O) groups excluding carboxylic acids is 1. The Morgan fingerprint density at radius 2 is 2.03 bits per heavy atom. The van der Waals surface area contributed by atoms with E-state index in [-0.39, 0.29) is 12.6 Å².